The van der Waals surface area contributed by atoms with Crippen molar-refractivity contribution < 1.29 is 9.84 Å². The van der Waals surface area contributed by atoms with Crippen LogP contribution < -0.4 is 4.74 Å². The second-order valence-corrected chi connectivity index (χ2v) is 5.15. The molecule has 1 N–H and O–H groups in total. The lowest BCUT2D eigenvalue weighted by atomic mass is 10.0. The predicted molar refractivity (Wildman–Crippen MR) is 83.9 cm³/mol. The highest BCUT2D eigenvalue weighted by molar-refractivity contribution is 5.33. The number of aliphatic hydroxyl groups is 1. The lowest BCUT2D eigenvalue weighted by Gasteiger charge is -2.25. The molecule has 0 saturated carbocycles. The van der Waals surface area contributed by atoms with Gasteiger partial charge in [-0.1, -0.05) is 18.2 Å². The molecule has 1 atom stereocenters. The normalized spacial score (nSPS) is 11.7. The molecule has 0 bridgehead atoms. The van der Waals surface area contributed by atoms with Gasteiger partial charge in [0.1, 0.15) is 5.75 Å². The molecule has 0 aliphatic carbocycles. The third-order valence-electron chi connectivity index (χ3n) is 3.48. The summed E-state index contributed by atoms with van der Waals surface area (Å²) >= 11 is 0. The van der Waals surface area contributed by atoms with Gasteiger partial charge >= 0.3 is 0 Å². The molecule has 5 nitrogen and oxygen atoms in total. The van der Waals surface area contributed by atoms with Gasteiger partial charge < -0.3 is 9.84 Å². The number of aliphatic hydroxyl groups excluding tert-OH is 1. The van der Waals surface area contributed by atoms with Crippen LogP contribution in [0, 0.1) is 28.6 Å². The molecule has 22 heavy (non-hydrogen) atoms. The summed E-state index contributed by atoms with van der Waals surface area (Å²) < 4.78 is 5.36. The van der Waals surface area contributed by atoms with Crippen molar-refractivity contribution in [2.45, 2.75) is 25.8 Å². The Bertz CT molecular complexity index is 519. The van der Waals surface area contributed by atoms with Crippen LogP contribution in [0.15, 0.2) is 24.3 Å². The van der Waals surface area contributed by atoms with Crippen LogP contribution in [0.5, 0.6) is 5.75 Å². The Hall–Kier alpha value is -2.08. The molecule has 5 heteroatoms. The van der Waals surface area contributed by atoms with Crippen molar-refractivity contribution in [3.63, 3.8) is 0 Å². The van der Waals surface area contributed by atoms with Crippen LogP contribution >= 0.6 is 0 Å². The highest BCUT2D eigenvalue weighted by atomic mass is 16.5. The van der Waals surface area contributed by atoms with Crippen LogP contribution in [0.3, 0.4) is 0 Å². The smallest absolute Gasteiger partial charge is 0.123 e. The zero-order chi connectivity index (χ0) is 16.2. The van der Waals surface area contributed by atoms with E-state index < -0.39 is 0 Å². The van der Waals surface area contributed by atoms with Gasteiger partial charge in [-0.15, -0.1) is 0 Å². The van der Waals surface area contributed by atoms with Crippen molar-refractivity contribution in [3.05, 3.63) is 29.8 Å². The standard InChI is InChI=1S/C17H23N3O2/c1-22-17-8-3-2-7-16(17)14-20(10-5-11-21)13-15(12-19)6-4-9-18/h2-3,7-8,15,21H,4-6,10-11,13-14H2,1H3/t15-/m1/s1. The van der Waals surface area contributed by atoms with Crippen LogP contribution in [-0.4, -0.2) is 36.8 Å². The van der Waals surface area contributed by atoms with Gasteiger partial charge in [0.15, 0.2) is 0 Å². The summed E-state index contributed by atoms with van der Waals surface area (Å²) in [6, 6.07) is 12.2. The topological polar surface area (TPSA) is 80.3 Å². The maximum Gasteiger partial charge on any atom is 0.123 e. The number of methoxy groups -OCH3 is 1. The van der Waals surface area contributed by atoms with Crippen LogP contribution in [-0.2, 0) is 6.54 Å². The summed E-state index contributed by atoms with van der Waals surface area (Å²) in [5.41, 5.74) is 1.06. The number of hydrogen-bond donors (Lipinski definition) is 1. The fourth-order valence-corrected chi connectivity index (χ4v) is 2.35. The molecule has 1 aromatic rings. The molecule has 0 spiro atoms. The minimum Gasteiger partial charge on any atom is -0.496 e. The highest BCUT2D eigenvalue weighted by Crippen LogP contribution is 2.20. The Morgan fingerprint density at radius 2 is 2.09 bits per heavy atom. The van der Waals surface area contributed by atoms with Crippen molar-refractivity contribution >= 4 is 0 Å². The SMILES string of the molecule is COc1ccccc1CN(CCCO)C[C@@H](C#N)CCC#N. The van der Waals surface area contributed by atoms with E-state index in [4.69, 9.17) is 15.1 Å². The lowest BCUT2D eigenvalue weighted by Crippen LogP contribution is -2.30. The Morgan fingerprint density at radius 1 is 1.32 bits per heavy atom. The Balaban J connectivity index is 2.75. The molecule has 1 aromatic carbocycles. The van der Waals surface area contributed by atoms with Gasteiger partial charge in [-0.3, -0.25) is 4.90 Å². The average molecular weight is 301 g/mol. The molecule has 1 rings (SSSR count). The summed E-state index contributed by atoms with van der Waals surface area (Å²) in [4.78, 5) is 2.14. The quantitative estimate of drug-likeness (QED) is 0.717. The van der Waals surface area contributed by atoms with Crippen molar-refractivity contribution in [2.75, 3.05) is 26.8 Å². The Labute approximate surface area is 132 Å². The first-order valence-corrected chi connectivity index (χ1v) is 7.46. The van der Waals surface area contributed by atoms with Crippen LogP contribution in [0.4, 0.5) is 0 Å². The third-order valence-corrected chi connectivity index (χ3v) is 3.48. The van der Waals surface area contributed by atoms with Gasteiger partial charge in [0.25, 0.3) is 0 Å². The number of nitriles is 2. The number of rotatable bonds is 10. The summed E-state index contributed by atoms with van der Waals surface area (Å²) in [6.07, 6.45) is 1.63. The van der Waals surface area contributed by atoms with E-state index in [0.717, 1.165) is 11.3 Å². The van der Waals surface area contributed by atoms with Crippen molar-refractivity contribution in [1.82, 2.24) is 4.90 Å². The van der Waals surface area contributed by atoms with Gasteiger partial charge in [0.2, 0.25) is 0 Å². The van der Waals surface area contributed by atoms with Gasteiger partial charge in [-0.2, -0.15) is 10.5 Å². The predicted octanol–water partition coefficient (Wildman–Crippen LogP) is 2.32. The minimum absolute atomic E-state index is 0.123. The van der Waals surface area contributed by atoms with E-state index >= 15 is 0 Å². The zero-order valence-electron chi connectivity index (χ0n) is 13.0. The van der Waals surface area contributed by atoms with Crippen LogP contribution in [0.1, 0.15) is 24.8 Å². The zero-order valence-corrected chi connectivity index (χ0v) is 13.0. The number of nitrogens with zero attached hydrogens (tertiary/aromatic N) is 3. The van der Waals surface area contributed by atoms with E-state index in [0.29, 0.717) is 38.9 Å². The summed E-state index contributed by atoms with van der Waals surface area (Å²) in [7, 11) is 1.64. The van der Waals surface area contributed by atoms with Crippen LogP contribution in [0.25, 0.3) is 0 Å². The van der Waals surface area contributed by atoms with E-state index in [9.17, 15) is 5.26 Å². The Morgan fingerprint density at radius 3 is 2.73 bits per heavy atom. The maximum atomic E-state index is 9.23. The van der Waals surface area contributed by atoms with E-state index in [-0.39, 0.29) is 12.5 Å². The second kappa shape index (κ2) is 10.6. The summed E-state index contributed by atoms with van der Waals surface area (Å²) in [5, 5.41) is 27.0. The lowest BCUT2D eigenvalue weighted by molar-refractivity contribution is 0.201. The molecule has 0 radical (unpaired) electrons. The molecule has 0 aliphatic heterocycles. The van der Waals surface area contributed by atoms with Crippen molar-refractivity contribution in [2.24, 2.45) is 5.92 Å². The Kier molecular flexibility index (Phi) is 8.67. The number of ether oxygens (including phenoxy) is 1. The third kappa shape index (κ3) is 6.13. The molecule has 0 saturated heterocycles. The molecule has 0 unspecified atom stereocenters. The van der Waals surface area contributed by atoms with E-state index in [1.807, 2.05) is 24.3 Å². The molecule has 0 heterocycles. The molecular weight excluding hydrogens is 278 g/mol. The maximum absolute atomic E-state index is 9.23. The van der Waals surface area contributed by atoms with E-state index in [2.05, 4.69) is 17.0 Å². The molecule has 0 fully saturated rings. The molecule has 0 amide bonds. The monoisotopic (exact) mass is 301 g/mol. The molecule has 0 aliphatic rings. The van der Waals surface area contributed by atoms with E-state index in [1.54, 1.807) is 7.11 Å². The number of hydrogen-bond acceptors (Lipinski definition) is 5. The summed E-state index contributed by atoms with van der Waals surface area (Å²) in [5.74, 6) is 0.648. The van der Waals surface area contributed by atoms with Crippen molar-refractivity contribution in [3.8, 4) is 17.9 Å². The largest absolute Gasteiger partial charge is 0.496 e. The molecule has 118 valence electrons. The average Bonchev–Trinajstić information content (AvgIpc) is 2.56. The second-order valence-electron chi connectivity index (χ2n) is 5.15. The molecular formula is C17H23N3O2. The first-order valence-electron chi connectivity index (χ1n) is 7.46. The summed E-state index contributed by atoms with van der Waals surface area (Å²) in [6.45, 7) is 2.09. The first-order chi connectivity index (χ1) is 10.7. The van der Waals surface area contributed by atoms with Crippen LogP contribution in [0.2, 0.25) is 0 Å². The fourth-order valence-electron chi connectivity index (χ4n) is 2.35. The molecule has 0 aromatic heterocycles. The minimum atomic E-state index is -0.173. The highest BCUT2D eigenvalue weighted by Gasteiger charge is 2.15. The first kappa shape index (κ1) is 18.0. The number of benzene rings is 1. The van der Waals surface area contributed by atoms with Gasteiger partial charge in [0, 0.05) is 38.2 Å². The fraction of sp³-hybridized carbons (Fsp3) is 0.529. The van der Waals surface area contributed by atoms with Gasteiger partial charge in [-0.25, -0.2) is 0 Å². The van der Waals surface area contributed by atoms with Gasteiger partial charge in [-0.05, 0) is 18.9 Å². The van der Waals surface area contributed by atoms with E-state index in [1.165, 1.54) is 0 Å². The van der Waals surface area contributed by atoms with Gasteiger partial charge in [0.05, 0.1) is 25.2 Å². The number of para-hydroxylation sites is 1. The van der Waals surface area contributed by atoms with Crippen molar-refractivity contribution in [1.29, 1.82) is 10.5 Å².